The van der Waals surface area contributed by atoms with Crippen LogP contribution in [0.15, 0.2) is 48.2 Å². The fraction of sp³-hybridized carbons (Fsp3) is 0.118. The Balaban J connectivity index is 1.78. The molecule has 0 saturated heterocycles. The van der Waals surface area contributed by atoms with E-state index in [4.69, 9.17) is 9.84 Å². The van der Waals surface area contributed by atoms with Crippen LogP contribution in [0, 0.1) is 0 Å². The van der Waals surface area contributed by atoms with Gasteiger partial charge in [0.1, 0.15) is 10.7 Å². The van der Waals surface area contributed by atoms with Gasteiger partial charge in [-0.3, -0.25) is 0 Å². The highest BCUT2D eigenvalue weighted by Gasteiger charge is 2.11. The third kappa shape index (κ3) is 2.53. The second kappa shape index (κ2) is 6.03. The van der Waals surface area contributed by atoms with Crippen LogP contribution in [0.25, 0.3) is 28.2 Å². The molecule has 4 aromatic heterocycles. The van der Waals surface area contributed by atoms with Gasteiger partial charge in [0.2, 0.25) is 5.88 Å². The van der Waals surface area contributed by atoms with Gasteiger partial charge in [-0.2, -0.15) is 0 Å². The van der Waals surface area contributed by atoms with Crippen LogP contribution in [0.3, 0.4) is 0 Å². The van der Waals surface area contributed by atoms with Crippen LogP contribution in [0.4, 0.5) is 0 Å². The monoisotopic (exact) mass is 338 g/mol. The topological polar surface area (TPSA) is 72.5 Å². The van der Waals surface area contributed by atoms with E-state index in [1.807, 2.05) is 46.4 Å². The van der Waals surface area contributed by atoms with E-state index in [0.717, 1.165) is 28.2 Å². The van der Waals surface area contributed by atoms with Crippen molar-refractivity contribution in [3.8, 4) is 28.4 Å². The fourth-order valence-electron chi connectivity index (χ4n) is 2.54. The number of imidazole rings is 1. The van der Waals surface area contributed by atoms with Crippen LogP contribution in [0.2, 0.25) is 0 Å². The maximum absolute atomic E-state index is 9.16. The highest BCUT2D eigenvalue weighted by atomic mass is 32.1. The van der Waals surface area contributed by atoms with E-state index in [1.54, 1.807) is 13.3 Å². The number of aromatic nitrogens is 4. The van der Waals surface area contributed by atoms with Crippen molar-refractivity contribution in [3.05, 3.63) is 53.2 Å². The summed E-state index contributed by atoms with van der Waals surface area (Å²) in [6.45, 7) is -0.0388. The molecule has 6 nitrogen and oxygen atoms in total. The van der Waals surface area contributed by atoms with E-state index >= 15 is 0 Å². The Bertz CT molecular complexity index is 1010. The van der Waals surface area contributed by atoms with Crippen molar-refractivity contribution < 1.29 is 9.84 Å². The molecule has 0 atom stereocenters. The number of aliphatic hydroxyl groups is 1. The summed E-state index contributed by atoms with van der Waals surface area (Å²) >= 11 is 1.45. The van der Waals surface area contributed by atoms with Gasteiger partial charge in [0, 0.05) is 29.5 Å². The number of thiazole rings is 1. The molecule has 0 radical (unpaired) electrons. The Hall–Kier alpha value is -2.77. The summed E-state index contributed by atoms with van der Waals surface area (Å²) in [6.07, 6.45) is 5.61. The standard InChI is InChI=1S/C17H14N4O2S/c1-23-17-12(3-2-6-18-17)13-8-21-7-11(4-5-15(21)19-13)14-10-24-16(9-22)20-14/h2-8,10,22H,9H2,1H3. The molecule has 0 aromatic carbocycles. The first-order valence-electron chi connectivity index (χ1n) is 7.32. The second-order valence-corrected chi connectivity index (χ2v) is 6.10. The van der Waals surface area contributed by atoms with Gasteiger partial charge in [0.15, 0.2) is 0 Å². The number of fused-ring (bicyclic) bond motifs is 1. The molecule has 0 aliphatic rings. The molecule has 0 aliphatic heterocycles. The molecule has 120 valence electrons. The van der Waals surface area contributed by atoms with Gasteiger partial charge >= 0.3 is 0 Å². The number of aliphatic hydroxyl groups excluding tert-OH is 1. The lowest BCUT2D eigenvalue weighted by Gasteiger charge is -2.02. The SMILES string of the molecule is COc1ncccc1-c1cn2cc(-c3csc(CO)n3)ccc2n1. The zero-order chi connectivity index (χ0) is 16.5. The van der Waals surface area contributed by atoms with Gasteiger partial charge in [0.05, 0.1) is 30.7 Å². The quantitative estimate of drug-likeness (QED) is 0.619. The Labute approximate surface area is 142 Å². The molecule has 0 fully saturated rings. The summed E-state index contributed by atoms with van der Waals surface area (Å²) in [5, 5.41) is 11.8. The van der Waals surface area contributed by atoms with Crippen LogP contribution in [0.5, 0.6) is 5.88 Å². The normalized spacial score (nSPS) is 11.1. The largest absolute Gasteiger partial charge is 0.481 e. The van der Waals surface area contributed by atoms with Gasteiger partial charge in [-0.1, -0.05) is 0 Å². The maximum atomic E-state index is 9.16. The number of rotatable bonds is 4. The molecule has 4 heterocycles. The first kappa shape index (κ1) is 14.8. The lowest BCUT2D eigenvalue weighted by Crippen LogP contribution is -1.90. The van der Waals surface area contributed by atoms with Crippen LogP contribution in [-0.4, -0.2) is 31.6 Å². The Morgan fingerprint density at radius 2 is 2.08 bits per heavy atom. The van der Waals surface area contributed by atoms with Gasteiger partial charge in [-0.15, -0.1) is 11.3 Å². The summed E-state index contributed by atoms with van der Waals surface area (Å²) in [5.74, 6) is 0.549. The molecule has 0 unspecified atom stereocenters. The minimum Gasteiger partial charge on any atom is -0.481 e. The summed E-state index contributed by atoms with van der Waals surface area (Å²) in [6, 6.07) is 7.71. The van der Waals surface area contributed by atoms with E-state index in [0.29, 0.717) is 10.9 Å². The predicted molar refractivity (Wildman–Crippen MR) is 92.0 cm³/mol. The zero-order valence-corrected chi connectivity index (χ0v) is 13.7. The van der Waals surface area contributed by atoms with Crippen LogP contribution in [0.1, 0.15) is 5.01 Å². The van der Waals surface area contributed by atoms with Crippen molar-refractivity contribution in [2.24, 2.45) is 0 Å². The fourth-order valence-corrected chi connectivity index (χ4v) is 3.20. The summed E-state index contributed by atoms with van der Waals surface area (Å²) < 4.78 is 7.26. The Kier molecular flexibility index (Phi) is 3.72. The van der Waals surface area contributed by atoms with E-state index in [1.165, 1.54) is 11.3 Å². The first-order chi connectivity index (χ1) is 11.8. The molecule has 4 rings (SSSR count). The number of hydrogen-bond acceptors (Lipinski definition) is 6. The molecule has 4 aromatic rings. The molecule has 1 N–H and O–H groups in total. The molecule has 0 bridgehead atoms. The Morgan fingerprint density at radius 3 is 2.88 bits per heavy atom. The minimum atomic E-state index is -0.0388. The van der Waals surface area contributed by atoms with E-state index in [2.05, 4.69) is 15.0 Å². The van der Waals surface area contributed by atoms with Crippen molar-refractivity contribution in [3.63, 3.8) is 0 Å². The summed E-state index contributed by atoms with van der Waals surface area (Å²) in [5.41, 5.74) is 4.30. The Morgan fingerprint density at radius 1 is 1.17 bits per heavy atom. The van der Waals surface area contributed by atoms with Gasteiger partial charge in [-0.05, 0) is 24.3 Å². The molecule has 0 aliphatic carbocycles. The van der Waals surface area contributed by atoms with E-state index < -0.39 is 0 Å². The summed E-state index contributed by atoms with van der Waals surface area (Å²) in [7, 11) is 1.60. The third-order valence-corrected chi connectivity index (χ3v) is 4.51. The third-order valence-electron chi connectivity index (χ3n) is 3.67. The second-order valence-electron chi connectivity index (χ2n) is 5.15. The molecular formula is C17H14N4O2S. The molecule has 0 spiro atoms. The van der Waals surface area contributed by atoms with Crippen LogP contribution >= 0.6 is 11.3 Å². The molecule has 7 heteroatoms. The average Bonchev–Trinajstić information content (AvgIpc) is 3.27. The zero-order valence-electron chi connectivity index (χ0n) is 12.9. The van der Waals surface area contributed by atoms with Crippen molar-refractivity contribution in [1.29, 1.82) is 0 Å². The highest BCUT2D eigenvalue weighted by molar-refractivity contribution is 7.09. The lowest BCUT2D eigenvalue weighted by atomic mass is 10.2. The lowest BCUT2D eigenvalue weighted by molar-refractivity contribution is 0.281. The number of methoxy groups -OCH3 is 1. The van der Waals surface area contributed by atoms with E-state index in [9.17, 15) is 0 Å². The van der Waals surface area contributed by atoms with Crippen molar-refractivity contribution in [2.45, 2.75) is 6.61 Å². The van der Waals surface area contributed by atoms with Gasteiger partial charge < -0.3 is 14.2 Å². The summed E-state index contributed by atoms with van der Waals surface area (Å²) in [4.78, 5) is 13.3. The number of nitrogens with zero attached hydrogens (tertiary/aromatic N) is 4. The minimum absolute atomic E-state index is 0.0388. The molecule has 0 amide bonds. The van der Waals surface area contributed by atoms with Crippen LogP contribution < -0.4 is 4.74 Å². The van der Waals surface area contributed by atoms with Crippen molar-refractivity contribution >= 4 is 17.0 Å². The highest BCUT2D eigenvalue weighted by Crippen LogP contribution is 2.28. The smallest absolute Gasteiger partial charge is 0.222 e. The first-order valence-corrected chi connectivity index (χ1v) is 8.20. The van der Waals surface area contributed by atoms with Crippen molar-refractivity contribution in [1.82, 2.24) is 19.4 Å². The number of pyridine rings is 2. The van der Waals surface area contributed by atoms with E-state index in [-0.39, 0.29) is 6.61 Å². The molecular weight excluding hydrogens is 324 g/mol. The van der Waals surface area contributed by atoms with Crippen molar-refractivity contribution in [2.75, 3.05) is 7.11 Å². The van der Waals surface area contributed by atoms with Gasteiger partial charge in [-0.25, -0.2) is 15.0 Å². The molecule has 24 heavy (non-hydrogen) atoms. The predicted octanol–water partition coefficient (Wildman–Crippen LogP) is 3.02. The maximum Gasteiger partial charge on any atom is 0.222 e. The average molecular weight is 338 g/mol. The van der Waals surface area contributed by atoms with Crippen LogP contribution in [-0.2, 0) is 6.61 Å². The molecule has 0 saturated carbocycles. The number of hydrogen-bond donors (Lipinski definition) is 1. The van der Waals surface area contributed by atoms with Gasteiger partial charge in [0.25, 0.3) is 0 Å². The number of ether oxygens (including phenoxy) is 1.